The molecule has 0 fully saturated rings. The van der Waals surface area contributed by atoms with Crippen LogP contribution < -0.4 is 15.8 Å². The highest BCUT2D eigenvalue weighted by Gasteiger charge is 2.14. The number of hydrogen-bond acceptors (Lipinski definition) is 6. The third kappa shape index (κ3) is 4.52. The number of rotatable bonds is 8. The first-order valence-corrected chi connectivity index (χ1v) is 10.2. The molecule has 0 atom stereocenters. The van der Waals surface area contributed by atoms with Gasteiger partial charge in [0.2, 0.25) is 5.91 Å². The molecule has 0 aliphatic heterocycles. The Bertz CT molecular complexity index is 1310. The third-order valence-electron chi connectivity index (χ3n) is 4.94. The van der Waals surface area contributed by atoms with Crippen molar-refractivity contribution in [3.63, 3.8) is 0 Å². The van der Waals surface area contributed by atoms with E-state index in [4.69, 9.17) is 4.74 Å². The lowest BCUT2D eigenvalue weighted by atomic mass is 9.99. The Morgan fingerprint density at radius 3 is 2.81 bits per heavy atom. The quantitative estimate of drug-likeness (QED) is 0.367. The van der Waals surface area contributed by atoms with Crippen molar-refractivity contribution in [1.29, 1.82) is 0 Å². The number of aromatic amines is 2. The van der Waals surface area contributed by atoms with Gasteiger partial charge in [-0.1, -0.05) is 30.3 Å². The first-order chi connectivity index (χ1) is 15.6. The van der Waals surface area contributed by atoms with Crippen molar-refractivity contribution in [3.8, 4) is 28.3 Å². The average molecular weight is 433 g/mol. The van der Waals surface area contributed by atoms with Crippen LogP contribution in [0, 0.1) is 0 Å². The van der Waals surface area contributed by atoms with Gasteiger partial charge in [-0.2, -0.15) is 0 Å². The number of nitrogens with zero attached hydrogens (tertiary/aromatic N) is 2. The Hall–Kier alpha value is -3.98. The van der Waals surface area contributed by atoms with Crippen LogP contribution in [0.5, 0.6) is 5.75 Å². The summed E-state index contributed by atoms with van der Waals surface area (Å²) >= 11 is 0. The molecule has 3 N–H and O–H groups in total. The number of benzene rings is 2. The van der Waals surface area contributed by atoms with Gasteiger partial charge < -0.3 is 14.7 Å². The van der Waals surface area contributed by atoms with E-state index >= 15 is 0 Å². The number of nitrogens with one attached hydrogen (secondary N) is 3. The molecule has 4 rings (SSSR count). The second kappa shape index (κ2) is 9.44. The van der Waals surface area contributed by atoms with Crippen molar-refractivity contribution in [2.45, 2.75) is 19.8 Å². The highest BCUT2D eigenvalue weighted by molar-refractivity contribution is 5.77. The van der Waals surface area contributed by atoms with Crippen LogP contribution in [0.1, 0.15) is 18.9 Å². The highest BCUT2D eigenvalue weighted by atomic mass is 16.6. The molecule has 164 valence electrons. The summed E-state index contributed by atoms with van der Waals surface area (Å²) in [5.74, 6) is 0.841. The predicted octanol–water partition coefficient (Wildman–Crippen LogP) is 2.99. The molecule has 0 saturated heterocycles. The molecule has 2 aromatic heterocycles. The lowest BCUT2D eigenvalue weighted by Crippen LogP contribution is -2.21. The van der Waals surface area contributed by atoms with Gasteiger partial charge in [-0.3, -0.25) is 14.4 Å². The molecule has 0 aliphatic carbocycles. The fraction of sp³-hybridized carbons (Fsp3) is 0.217. The topological polar surface area (TPSA) is 122 Å². The van der Waals surface area contributed by atoms with Crippen LogP contribution in [0.3, 0.4) is 0 Å². The number of aromatic nitrogens is 4. The zero-order valence-corrected chi connectivity index (χ0v) is 17.8. The van der Waals surface area contributed by atoms with Gasteiger partial charge in [0.1, 0.15) is 11.6 Å². The van der Waals surface area contributed by atoms with Crippen LogP contribution in [0.2, 0.25) is 0 Å². The minimum atomic E-state index is -0.317. The molecule has 0 saturated carbocycles. The van der Waals surface area contributed by atoms with E-state index < -0.39 is 0 Å². The Labute approximate surface area is 183 Å². The number of amides is 1. The number of hydrogen-bond donors (Lipinski definition) is 3. The van der Waals surface area contributed by atoms with Gasteiger partial charge in [0.05, 0.1) is 25.6 Å². The summed E-state index contributed by atoms with van der Waals surface area (Å²) < 4.78 is 5.87. The summed E-state index contributed by atoms with van der Waals surface area (Å²) in [6, 6.07) is 13.7. The van der Waals surface area contributed by atoms with Crippen LogP contribution in [-0.2, 0) is 16.1 Å². The monoisotopic (exact) mass is 433 g/mol. The van der Waals surface area contributed by atoms with E-state index in [1.165, 1.54) is 13.4 Å². The molecule has 1 amide bonds. The molecule has 32 heavy (non-hydrogen) atoms. The lowest BCUT2D eigenvalue weighted by Gasteiger charge is -2.13. The summed E-state index contributed by atoms with van der Waals surface area (Å²) in [5, 5.41) is 0. The fourth-order valence-electron chi connectivity index (χ4n) is 3.47. The third-order valence-corrected chi connectivity index (χ3v) is 4.94. The van der Waals surface area contributed by atoms with Gasteiger partial charge in [0, 0.05) is 6.42 Å². The molecule has 2 heterocycles. The maximum atomic E-state index is 12.3. The number of carbonyl (C=O) groups excluding carboxylic acids is 1. The van der Waals surface area contributed by atoms with Crippen molar-refractivity contribution in [3.05, 3.63) is 64.7 Å². The fourth-order valence-corrected chi connectivity index (χ4v) is 3.47. The summed E-state index contributed by atoms with van der Waals surface area (Å²) in [7, 11) is 1.41. The second-order valence-corrected chi connectivity index (χ2v) is 7.09. The van der Waals surface area contributed by atoms with Gasteiger partial charge in [-0.05, 0) is 42.2 Å². The average Bonchev–Trinajstić information content (AvgIpc) is 3.28. The second-order valence-electron chi connectivity index (χ2n) is 7.09. The van der Waals surface area contributed by atoms with E-state index in [1.807, 2.05) is 49.4 Å². The Morgan fingerprint density at radius 1 is 1.16 bits per heavy atom. The molecule has 0 bridgehead atoms. The number of carbonyl (C=O) groups is 1. The minimum absolute atomic E-state index is 0.170. The van der Waals surface area contributed by atoms with E-state index in [2.05, 4.69) is 30.3 Å². The van der Waals surface area contributed by atoms with Gasteiger partial charge in [0.25, 0.3) is 5.56 Å². The summed E-state index contributed by atoms with van der Waals surface area (Å²) in [4.78, 5) is 42.8. The summed E-state index contributed by atoms with van der Waals surface area (Å²) in [5.41, 5.74) is 6.34. The van der Waals surface area contributed by atoms with Crippen LogP contribution in [0.25, 0.3) is 33.7 Å². The highest BCUT2D eigenvalue weighted by Crippen LogP contribution is 2.33. The summed E-state index contributed by atoms with van der Waals surface area (Å²) in [6.45, 7) is 2.36. The van der Waals surface area contributed by atoms with Crippen molar-refractivity contribution < 1.29 is 14.4 Å². The molecule has 0 unspecified atom stereocenters. The Morgan fingerprint density at radius 2 is 2.00 bits per heavy atom. The van der Waals surface area contributed by atoms with Gasteiger partial charge in [-0.25, -0.2) is 15.4 Å². The van der Waals surface area contributed by atoms with Crippen molar-refractivity contribution in [1.82, 2.24) is 25.4 Å². The van der Waals surface area contributed by atoms with Gasteiger partial charge in [-0.15, -0.1) is 0 Å². The number of imidazole rings is 1. The van der Waals surface area contributed by atoms with E-state index in [0.29, 0.717) is 42.2 Å². The first kappa shape index (κ1) is 21.3. The lowest BCUT2D eigenvalue weighted by molar-refractivity contribution is -0.131. The van der Waals surface area contributed by atoms with E-state index in [1.54, 1.807) is 0 Å². The molecule has 0 radical (unpaired) electrons. The maximum absolute atomic E-state index is 12.3. The zero-order valence-electron chi connectivity index (χ0n) is 17.8. The minimum Gasteiger partial charge on any atom is -0.493 e. The van der Waals surface area contributed by atoms with Crippen LogP contribution >= 0.6 is 0 Å². The number of ether oxygens (including phenoxy) is 1. The van der Waals surface area contributed by atoms with Crippen LogP contribution in [-0.4, -0.2) is 39.6 Å². The molecule has 9 nitrogen and oxygen atoms in total. The first-order valence-electron chi connectivity index (χ1n) is 10.2. The zero-order chi connectivity index (χ0) is 22.5. The Balaban J connectivity index is 1.66. The normalized spacial score (nSPS) is 10.9. The molecule has 0 spiro atoms. The Kier molecular flexibility index (Phi) is 6.27. The standard InChI is InChI=1S/C23H23N5O4/c1-3-32-18-12-16(15-6-4-5-14(11-15)7-10-19(29)28-31-2)8-9-17(18)21-26-22-20(23(30)27-21)24-13-25-22/h4-6,8-9,11-13H,3,7,10H2,1-2H3,(H,28,29)(H2,24,25,26,27,30). The van der Waals surface area contributed by atoms with Crippen molar-refractivity contribution in [2.24, 2.45) is 0 Å². The molecule has 4 aromatic rings. The van der Waals surface area contributed by atoms with E-state index in [-0.39, 0.29) is 17.0 Å². The van der Waals surface area contributed by atoms with Crippen LogP contribution in [0.4, 0.5) is 0 Å². The van der Waals surface area contributed by atoms with Crippen LogP contribution in [0.15, 0.2) is 53.6 Å². The molecular weight excluding hydrogens is 410 g/mol. The van der Waals surface area contributed by atoms with E-state index in [9.17, 15) is 9.59 Å². The predicted molar refractivity (Wildman–Crippen MR) is 120 cm³/mol. The molecule has 9 heteroatoms. The van der Waals surface area contributed by atoms with E-state index in [0.717, 1.165) is 16.7 Å². The van der Waals surface area contributed by atoms with Gasteiger partial charge in [0.15, 0.2) is 11.2 Å². The molecule has 2 aromatic carbocycles. The largest absolute Gasteiger partial charge is 0.493 e. The maximum Gasteiger partial charge on any atom is 0.279 e. The molecular formula is C23H23N5O4. The molecule has 0 aliphatic rings. The number of aryl methyl sites for hydroxylation is 1. The number of H-pyrrole nitrogens is 2. The van der Waals surface area contributed by atoms with Gasteiger partial charge >= 0.3 is 0 Å². The van der Waals surface area contributed by atoms with Crippen molar-refractivity contribution in [2.75, 3.05) is 13.7 Å². The number of fused-ring (bicyclic) bond motifs is 1. The summed E-state index contributed by atoms with van der Waals surface area (Å²) in [6.07, 6.45) is 2.36. The van der Waals surface area contributed by atoms with Crippen molar-refractivity contribution >= 4 is 17.1 Å². The number of hydroxylamine groups is 1. The SMILES string of the molecule is CCOc1cc(-c2cccc(CCC(=O)NOC)c2)ccc1-c1nc2[nH]cnc2c(=O)[nH]1. The smallest absolute Gasteiger partial charge is 0.279 e.